The molecule has 0 bridgehead atoms. The predicted octanol–water partition coefficient (Wildman–Crippen LogP) is 2.93. The Hall–Kier alpha value is -1.79. The van der Waals surface area contributed by atoms with Crippen LogP contribution in [-0.4, -0.2) is 59.4 Å². The van der Waals surface area contributed by atoms with Crippen LogP contribution in [0.4, 0.5) is 0 Å². The highest BCUT2D eigenvalue weighted by molar-refractivity contribution is 7.13. The van der Waals surface area contributed by atoms with Gasteiger partial charge >= 0.3 is 0 Å². The predicted molar refractivity (Wildman–Crippen MR) is 97.3 cm³/mol. The quantitative estimate of drug-likeness (QED) is 0.856. The minimum atomic E-state index is 0.0500. The van der Waals surface area contributed by atoms with E-state index in [2.05, 4.69) is 21.9 Å². The molecule has 6 heteroatoms. The van der Waals surface area contributed by atoms with Gasteiger partial charge in [0.1, 0.15) is 0 Å². The van der Waals surface area contributed by atoms with Gasteiger partial charge in [-0.25, -0.2) is 4.98 Å². The number of carbonyl (C=O) groups is 1. The minimum absolute atomic E-state index is 0.0500. The Bertz CT molecular complexity index is 689. The number of pyridine rings is 1. The molecule has 24 heavy (non-hydrogen) atoms. The lowest BCUT2D eigenvalue weighted by molar-refractivity contribution is 0.0747. The molecule has 0 aromatic carbocycles. The zero-order valence-corrected chi connectivity index (χ0v) is 15.3. The van der Waals surface area contributed by atoms with Crippen molar-refractivity contribution in [2.45, 2.75) is 19.8 Å². The topological polar surface area (TPSA) is 49.3 Å². The molecule has 0 unspecified atom stereocenters. The van der Waals surface area contributed by atoms with Crippen molar-refractivity contribution in [2.75, 3.05) is 33.7 Å². The molecular formula is C18H24N4OS. The zero-order chi connectivity index (χ0) is 17.1. The monoisotopic (exact) mass is 344 g/mol. The molecule has 0 atom stereocenters. The van der Waals surface area contributed by atoms with E-state index in [9.17, 15) is 4.79 Å². The van der Waals surface area contributed by atoms with Gasteiger partial charge in [-0.15, -0.1) is 11.3 Å². The number of likely N-dealkylation sites (tertiary alicyclic amines) is 1. The summed E-state index contributed by atoms with van der Waals surface area (Å²) in [6.07, 6.45) is 4.01. The highest BCUT2D eigenvalue weighted by Crippen LogP contribution is 2.25. The molecule has 2 aromatic rings. The molecule has 0 N–H and O–H groups in total. The van der Waals surface area contributed by atoms with Crippen LogP contribution >= 0.6 is 11.3 Å². The number of piperidine rings is 1. The minimum Gasteiger partial charge on any atom is -0.341 e. The van der Waals surface area contributed by atoms with Crippen LogP contribution in [0.2, 0.25) is 0 Å². The summed E-state index contributed by atoms with van der Waals surface area (Å²) in [4.78, 5) is 26.6. The first kappa shape index (κ1) is 17.0. The van der Waals surface area contributed by atoms with E-state index >= 15 is 0 Å². The maximum absolute atomic E-state index is 12.6. The molecule has 1 aliphatic heterocycles. The van der Waals surface area contributed by atoms with E-state index in [4.69, 9.17) is 0 Å². The smallest absolute Gasteiger partial charge is 0.255 e. The van der Waals surface area contributed by atoms with Gasteiger partial charge in [0.2, 0.25) is 0 Å². The van der Waals surface area contributed by atoms with Crippen molar-refractivity contribution >= 4 is 17.2 Å². The molecule has 128 valence electrons. The maximum atomic E-state index is 12.6. The lowest BCUT2D eigenvalue weighted by atomic mass is 9.96. The van der Waals surface area contributed by atoms with Crippen molar-refractivity contribution in [3.8, 4) is 10.6 Å². The second-order valence-electron chi connectivity index (χ2n) is 6.63. The summed E-state index contributed by atoms with van der Waals surface area (Å²) in [7, 11) is 4.05. The first-order valence-corrected chi connectivity index (χ1v) is 9.23. The number of hydrogen-bond donors (Lipinski definition) is 0. The van der Waals surface area contributed by atoms with E-state index in [1.54, 1.807) is 17.5 Å². The molecule has 0 aliphatic carbocycles. The first-order chi connectivity index (χ1) is 11.5. The summed E-state index contributed by atoms with van der Waals surface area (Å²) in [5, 5.41) is 0. The van der Waals surface area contributed by atoms with Gasteiger partial charge in [-0.1, -0.05) is 0 Å². The number of amides is 1. The van der Waals surface area contributed by atoms with Crippen LogP contribution in [0.15, 0.2) is 23.8 Å². The number of thiazole rings is 1. The van der Waals surface area contributed by atoms with Gasteiger partial charge in [-0.3, -0.25) is 9.78 Å². The SMILES string of the molecule is Cc1ncsc1-c1ccc(C(=O)N(C)CC2CCN(C)CC2)cn1. The third-order valence-corrected chi connectivity index (χ3v) is 5.66. The summed E-state index contributed by atoms with van der Waals surface area (Å²) in [5.41, 5.74) is 4.33. The molecule has 5 nitrogen and oxygen atoms in total. The highest BCUT2D eigenvalue weighted by atomic mass is 32.1. The van der Waals surface area contributed by atoms with Crippen LogP contribution in [0.1, 0.15) is 28.9 Å². The summed E-state index contributed by atoms with van der Waals surface area (Å²) in [6, 6.07) is 3.78. The third kappa shape index (κ3) is 3.82. The number of aromatic nitrogens is 2. The molecule has 0 spiro atoms. The van der Waals surface area contributed by atoms with Crippen LogP contribution in [0.3, 0.4) is 0 Å². The Balaban J connectivity index is 1.63. The molecule has 1 aliphatic rings. The van der Waals surface area contributed by atoms with E-state index in [1.807, 2.05) is 36.5 Å². The van der Waals surface area contributed by atoms with Crippen LogP contribution < -0.4 is 0 Å². The van der Waals surface area contributed by atoms with Crippen molar-refractivity contribution in [1.29, 1.82) is 0 Å². The number of hydrogen-bond acceptors (Lipinski definition) is 5. The van der Waals surface area contributed by atoms with Crippen LogP contribution in [0.5, 0.6) is 0 Å². The fourth-order valence-corrected chi connectivity index (χ4v) is 3.92. The summed E-state index contributed by atoms with van der Waals surface area (Å²) in [5.74, 6) is 0.649. The van der Waals surface area contributed by atoms with Crippen molar-refractivity contribution in [2.24, 2.45) is 5.92 Å². The number of carbonyl (C=O) groups excluding carboxylic acids is 1. The van der Waals surface area contributed by atoms with Crippen molar-refractivity contribution in [3.63, 3.8) is 0 Å². The Kier molecular flexibility index (Phi) is 5.26. The van der Waals surface area contributed by atoms with Gasteiger partial charge < -0.3 is 9.80 Å². The molecular weight excluding hydrogens is 320 g/mol. The van der Waals surface area contributed by atoms with Gasteiger partial charge in [0.15, 0.2) is 0 Å². The molecule has 3 heterocycles. The fourth-order valence-electron chi connectivity index (χ4n) is 3.14. The Morgan fingerprint density at radius 3 is 2.67 bits per heavy atom. The zero-order valence-electron chi connectivity index (χ0n) is 14.5. The molecule has 1 saturated heterocycles. The van der Waals surface area contributed by atoms with E-state index in [0.29, 0.717) is 11.5 Å². The van der Waals surface area contributed by atoms with E-state index in [1.165, 1.54) is 0 Å². The van der Waals surface area contributed by atoms with Crippen LogP contribution in [0.25, 0.3) is 10.6 Å². The third-order valence-electron chi connectivity index (χ3n) is 4.71. The average Bonchev–Trinajstić information content (AvgIpc) is 3.02. The van der Waals surface area contributed by atoms with E-state index in [-0.39, 0.29) is 5.91 Å². The van der Waals surface area contributed by atoms with Crippen LogP contribution in [-0.2, 0) is 0 Å². The van der Waals surface area contributed by atoms with E-state index in [0.717, 1.165) is 48.7 Å². The Labute approximate surface area is 147 Å². The lowest BCUT2D eigenvalue weighted by Gasteiger charge is -2.31. The molecule has 0 saturated carbocycles. The number of rotatable bonds is 4. The normalized spacial score (nSPS) is 16.3. The summed E-state index contributed by atoms with van der Waals surface area (Å²) in [6.45, 7) is 5.04. The van der Waals surface area contributed by atoms with E-state index < -0.39 is 0 Å². The Morgan fingerprint density at radius 1 is 1.33 bits per heavy atom. The molecule has 0 radical (unpaired) electrons. The first-order valence-electron chi connectivity index (χ1n) is 8.35. The fraction of sp³-hybridized carbons (Fsp3) is 0.500. The van der Waals surface area contributed by atoms with Gasteiger partial charge in [0.25, 0.3) is 5.91 Å². The molecule has 3 rings (SSSR count). The molecule has 1 fully saturated rings. The average molecular weight is 344 g/mol. The van der Waals surface area contributed by atoms with Crippen molar-refractivity contribution in [3.05, 3.63) is 35.1 Å². The van der Waals surface area contributed by atoms with Gasteiger partial charge in [-0.05, 0) is 58.0 Å². The number of aryl methyl sites for hydroxylation is 1. The maximum Gasteiger partial charge on any atom is 0.255 e. The van der Waals surface area contributed by atoms with Gasteiger partial charge in [0.05, 0.1) is 27.3 Å². The standard InChI is InChI=1S/C18H24N4OS/c1-13-17(24-12-20-13)16-5-4-15(10-19-16)18(23)22(3)11-14-6-8-21(2)9-7-14/h4-5,10,12,14H,6-9,11H2,1-3H3. The van der Waals surface area contributed by atoms with Crippen LogP contribution in [0, 0.1) is 12.8 Å². The second-order valence-corrected chi connectivity index (χ2v) is 7.49. The number of nitrogens with zero attached hydrogens (tertiary/aromatic N) is 4. The van der Waals surface area contributed by atoms with Gasteiger partial charge in [-0.2, -0.15) is 0 Å². The Morgan fingerprint density at radius 2 is 2.08 bits per heavy atom. The van der Waals surface area contributed by atoms with Crippen molar-refractivity contribution < 1.29 is 4.79 Å². The van der Waals surface area contributed by atoms with Crippen molar-refractivity contribution in [1.82, 2.24) is 19.8 Å². The largest absolute Gasteiger partial charge is 0.341 e. The second kappa shape index (κ2) is 7.40. The highest BCUT2D eigenvalue weighted by Gasteiger charge is 2.21. The summed E-state index contributed by atoms with van der Waals surface area (Å²) >= 11 is 1.57. The van der Waals surface area contributed by atoms with Gasteiger partial charge in [0, 0.05) is 19.8 Å². The summed E-state index contributed by atoms with van der Waals surface area (Å²) < 4.78 is 0. The molecule has 2 aromatic heterocycles. The molecule has 1 amide bonds. The lowest BCUT2D eigenvalue weighted by Crippen LogP contribution is -2.38.